The molecule has 1 atom stereocenters. The molecule has 1 aromatic heterocycles. The highest BCUT2D eigenvalue weighted by Gasteiger charge is 2.14. The van der Waals surface area contributed by atoms with Crippen molar-refractivity contribution in [1.29, 1.82) is 0 Å². The van der Waals surface area contributed by atoms with Crippen LogP contribution >= 0.6 is 61.5 Å². The van der Waals surface area contributed by atoms with Crippen molar-refractivity contribution in [2.45, 2.75) is 18.2 Å². The highest BCUT2D eigenvalue weighted by atomic mass is 127. The van der Waals surface area contributed by atoms with Crippen molar-refractivity contribution < 1.29 is 0 Å². The molecule has 0 fully saturated rings. The maximum Gasteiger partial charge on any atom is 0.148 e. The van der Waals surface area contributed by atoms with Crippen molar-refractivity contribution in [3.8, 4) is 10.6 Å². The second kappa shape index (κ2) is 5.95. The molecule has 0 aliphatic heterocycles. The molecule has 1 aromatic carbocycles. The van der Waals surface area contributed by atoms with Crippen LogP contribution < -0.4 is 0 Å². The summed E-state index contributed by atoms with van der Waals surface area (Å²) in [5.41, 5.74) is 1.05. The molecule has 0 aliphatic carbocycles. The number of benzene rings is 1. The maximum atomic E-state index is 6.01. The van der Waals surface area contributed by atoms with Crippen LogP contribution in [0.25, 0.3) is 10.6 Å². The smallest absolute Gasteiger partial charge is 0.142 e. The highest BCUT2D eigenvalue weighted by molar-refractivity contribution is 14.1. The second-order valence-corrected chi connectivity index (χ2v) is 7.16. The van der Waals surface area contributed by atoms with E-state index in [9.17, 15) is 0 Å². The van der Waals surface area contributed by atoms with Crippen molar-refractivity contribution >= 4 is 61.5 Å². The Labute approximate surface area is 131 Å². The number of alkyl halides is 1. The third-order valence-corrected chi connectivity index (χ3v) is 5.86. The van der Waals surface area contributed by atoms with Gasteiger partial charge in [0.1, 0.15) is 10.0 Å². The second-order valence-electron chi connectivity index (χ2n) is 3.45. The van der Waals surface area contributed by atoms with Gasteiger partial charge < -0.3 is 0 Å². The number of nitrogens with zero attached hydrogens (tertiary/aromatic N) is 2. The van der Waals surface area contributed by atoms with Gasteiger partial charge >= 0.3 is 0 Å². The summed E-state index contributed by atoms with van der Waals surface area (Å²) in [6.45, 7) is 2.11. The quantitative estimate of drug-likeness (QED) is 0.475. The van der Waals surface area contributed by atoms with Gasteiger partial charge in [-0.25, -0.2) is 0 Å². The van der Waals surface area contributed by atoms with E-state index in [0.29, 0.717) is 0 Å². The zero-order chi connectivity index (χ0) is 12.4. The van der Waals surface area contributed by atoms with Crippen molar-refractivity contribution in [2.75, 3.05) is 0 Å². The summed E-state index contributed by atoms with van der Waals surface area (Å²) in [5.74, 6) is 0. The van der Waals surface area contributed by atoms with Crippen molar-refractivity contribution in [1.82, 2.24) is 10.2 Å². The molecule has 0 saturated heterocycles. The minimum atomic E-state index is 0.283. The molecule has 1 unspecified atom stereocenters. The number of aromatic nitrogens is 2. The molecule has 0 aliphatic rings. The SMILES string of the molecule is CCC(Br)c1nnc(-c2cc(Cl)ccc2I)s1. The lowest BCUT2D eigenvalue weighted by atomic mass is 10.2. The maximum absolute atomic E-state index is 6.01. The van der Waals surface area contributed by atoms with Gasteiger partial charge in [0.15, 0.2) is 0 Å². The van der Waals surface area contributed by atoms with Crippen LogP contribution in [-0.2, 0) is 0 Å². The summed E-state index contributed by atoms with van der Waals surface area (Å²) in [4.78, 5) is 0.283. The summed E-state index contributed by atoms with van der Waals surface area (Å²) >= 11 is 13.5. The van der Waals surface area contributed by atoms with Gasteiger partial charge in [-0.1, -0.05) is 45.8 Å². The molecule has 0 saturated carbocycles. The first-order chi connectivity index (χ1) is 8.11. The van der Waals surface area contributed by atoms with E-state index >= 15 is 0 Å². The van der Waals surface area contributed by atoms with E-state index in [4.69, 9.17) is 11.6 Å². The Morgan fingerprint density at radius 2 is 2.24 bits per heavy atom. The lowest BCUT2D eigenvalue weighted by Gasteiger charge is -2.00. The van der Waals surface area contributed by atoms with Gasteiger partial charge in [-0.2, -0.15) is 0 Å². The average molecular weight is 444 g/mol. The Morgan fingerprint density at radius 1 is 1.47 bits per heavy atom. The predicted octanol–water partition coefficient (Wildman–Crippen LogP) is 5.31. The zero-order valence-corrected chi connectivity index (χ0v) is 14.3. The summed E-state index contributed by atoms with van der Waals surface area (Å²) in [6.07, 6.45) is 1.00. The molecule has 90 valence electrons. The zero-order valence-electron chi connectivity index (χ0n) is 8.95. The van der Waals surface area contributed by atoms with Gasteiger partial charge in [0.05, 0.1) is 4.83 Å². The Kier molecular flexibility index (Phi) is 4.80. The molecule has 2 aromatic rings. The fraction of sp³-hybridized carbons (Fsp3) is 0.273. The largest absolute Gasteiger partial charge is 0.148 e. The topological polar surface area (TPSA) is 25.8 Å². The molecule has 0 bridgehead atoms. The van der Waals surface area contributed by atoms with Crippen LogP contribution in [0.1, 0.15) is 23.2 Å². The van der Waals surface area contributed by atoms with E-state index in [1.807, 2.05) is 18.2 Å². The van der Waals surface area contributed by atoms with Crippen molar-refractivity contribution in [3.05, 3.63) is 31.8 Å². The van der Waals surface area contributed by atoms with Crippen LogP contribution in [0.3, 0.4) is 0 Å². The highest BCUT2D eigenvalue weighted by Crippen LogP contribution is 2.35. The summed E-state index contributed by atoms with van der Waals surface area (Å²) < 4.78 is 1.14. The van der Waals surface area contributed by atoms with E-state index in [-0.39, 0.29) is 4.83 Å². The van der Waals surface area contributed by atoms with Crippen molar-refractivity contribution in [3.63, 3.8) is 0 Å². The van der Waals surface area contributed by atoms with E-state index in [2.05, 4.69) is 55.6 Å². The van der Waals surface area contributed by atoms with Gasteiger partial charge in [-0.3, -0.25) is 0 Å². The van der Waals surface area contributed by atoms with E-state index in [0.717, 1.165) is 30.6 Å². The van der Waals surface area contributed by atoms with Crippen LogP contribution in [0.4, 0.5) is 0 Å². The first-order valence-electron chi connectivity index (χ1n) is 5.04. The molecule has 17 heavy (non-hydrogen) atoms. The molecule has 2 rings (SSSR count). The minimum absolute atomic E-state index is 0.283. The first-order valence-corrected chi connectivity index (χ1v) is 8.23. The van der Waals surface area contributed by atoms with E-state index in [1.165, 1.54) is 0 Å². The van der Waals surface area contributed by atoms with Crippen LogP contribution in [-0.4, -0.2) is 10.2 Å². The average Bonchev–Trinajstić information content (AvgIpc) is 2.80. The molecule has 2 nitrogen and oxygen atoms in total. The minimum Gasteiger partial charge on any atom is -0.142 e. The molecular weight excluding hydrogens is 434 g/mol. The molecule has 0 spiro atoms. The van der Waals surface area contributed by atoms with Crippen molar-refractivity contribution in [2.24, 2.45) is 0 Å². The van der Waals surface area contributed by atoms with Crippen LogP contribution in [0.5, 0.6) is 0 Å². The standard InChI is InChI=1S/C11H9BrClIN2S/c1-2-8(12)11-16-15-10(17-11)7-5-6(13)3-4-9(7)14/h3-5,8H,2H2,1H3. The van der Waals surface area contributed by atoms with Gasteiger partial charge in [0.25, 0.3) is 0 Å². The molecule has 0 N–H and O–H groups in total. The Bertz CT molecular complexity index is 532. The fourth-order valence-electron chi connectivity index (χ4n) is 1.31. The Balaban J connectivity index is 2.40. The molecule has 6 heteroatoms. The summed E-state index contributed by atoms with van der Waals surface area (Å²) in [5, 5.41) is 11.1. The summed E-state index contributed by atoms with van der Waals surface area (Å²) in [6, 6.07) is 5.81. The Morgan fingerprint density at radius 3 is 2.94 bits per heavy atom. The van der Waals surface area contributed by atoms with Gasteiger partial charge in [0.2, 0.25) is 0 Å². The van der Waals surface area contributed by atoms with Gasteiger partial charge in [0, 0.05) is 14.2 Å². The van der Waals surface area contributed by atoms with Gasteiger partial charge in [-0.15, -0.1) is 10.2 Å². The molecule has 0 radical (unpaired) electrons. The lowest BCUT2D eigenvalue weighted by Crippen LogP contribution is -1.85. The number of rotatable bonds is 3. The fourth-order valence-corrected chi connectivity index (χ4v) is 3.56. The molecular formula is C11H9BrClIN2S. The Hall–Kier alpha value is 0.280. The van der Waals surface area contributed by atoms with Crippen LogP contribution in [0.2, 0.25) is 5.02 Å². The lowest BCUT2D eigenvalue weighted by molar-refractivity contribution is 0.870. The molecule has 0 amide bonds. The predicted molar refractivity (Wildman–Crippen MR) is 85.0 cm³/mol. The van der Waals surface area contributed by atoms with Gasteiger partial charge in [-0.05, 0) is 47.2 Å². The van der Waals surface area contributed by atoms with Crippen LogP contribution in [0, 0.1) is 3.57 Å². The van der Waals surface area contributed by atoms with Crippen LogP contribution in [0.15, 0.2) is 18.2 Å². The first kappa shape index (κ1) is 13.7. The molecule has 1 heterocycles. The normalized spacial score (nSPS) is 12.7. The number of hydrogen-bond acceptors (Lipinski definition) is 3. The van der Waals surface area contributed by atoms with E-state index in [1.54, 1.807) is 11.3 Å². The summed E-state index contributed by atoms with van der Waals surface area (Å²) in [7, 11) is 0. The number of halogens is 3. The third kappa shape index (κ3) is 3.19. The monoisotopic (exact) mass is 442 g/mol. The van der Waals surface area contributed by atoms with E-state index < -0.39 is 0 Å². The third-order valence-electron chi connectivity index (χ3n) is 2.23. The number of hydrogen-bond donors (Lipinski definition) is 0.